The van der Waals surface area contributed by atoms with Crippen LogP contribution in [0.1, 0.15) is 26.7 Å². The Bertz CT molecular complexity index is 200. The lowest BCUT2D eigenvalue weighted by atomic mass is 10.1. The highest BCUT2D eigenvalue weighted by atomic mass is 32.2. The molecule has 1 heterocycles. The van der Waals surface area contributed by atoms with E-state index in [9.17, 15) is 0 Å². The minimum Gasteiger partial charge on any atom is -0.353 e. The fourth-order valence-electron chi connectivity index (χ4n) is 1.44. The van der Waals surface area contributed by atoms with E-state index in [1.165, 1.54) is 24.3 Å². The van der Waals surface area contributed by atoms with Crippen LogP contribution in [0.4, 0.5) is 0 Å². The van der Waals surface area contributed by atoms with E-state index in [2.05, 4.69) is 29.6 Å². The third-order valence-electron chi connectivity index (χ3n) is 2.31. The molecule has 0 radical (unpaired) electrons. The summed E-state index contributed by atoms with van der Waals surface area (Å²) in [5, 5.41) is 3.36. The van der Waals surface area contributed by atoms with E-state index in [-0.39, 0.29) is 0 Å². The van der Waals surface area contributed by atoms with Crippen LogP contribution in [0.5, 0.6) is 0 Å². The van der Waals surface area contributed by atoms with E-state index in [0.29, 0.717) is 12.0 Å². The zero-order valence-electron chi connectivity index (χ0n) is 9.62. The first kappa shape index (κ1) is 12.6. The van der Waals surface area contributed by atoms with Crippen molar-refractivity contribution in [3.05, 3.63) is 0 Å². The molecule has 0 saturated carbocycles. The highest BCUT2D eigenvalue weighted by Gasteiger charge is 2.14. The minimum absolute atomic E-state index is 0.535. The second-order valence-corrected chi connectivity index (χ2v) is 5.48. The lowest BCUT2D eigenvalue weighted by Crippen LogP contribution is -2.47. The van der Waals surface area contributed by atoms with Gasteiger partial charge < -0.3 is 5.32 Å². The van der Waals surface area contributed by atoms with Gasteiger partial charge in [-0.3, -0.25) is 10.4 Å². The third-order valence-corrected chi connectivity index (χ3v) is 3.36. The van der Waals surface area contributed by atoms with Gasteiger partial charge in [-0.05, 0) is 30.3 Å². The molecule has 0 bridgehead atoms. The fraction of sp³-hybridized carbons (Fsp3) is 0.900. The van der Waals surface area contributed by atoms with E-state index in [1.54, 1.807) is 0 Å². The summed E-state index contributed by atoms with van der Waals surface area (Å²) in [6.07, 6.45) is 2.40. The number of nitrogens with zero attached hydrogens (tertiary/aromatic N) is 1. The largest absolute Gasteiger partial charge is 0.353 e. The van der Waals surface area contributed by atoms with Gasteiger partial charge in [0.15, 0.2) is 0 Å². The predicted octanol–water partition coefficient (Wildman–Crippen LogP) is 0.947. The number of rotatable bonds is 3. The number of nitrogens with two attached hydrogens (primary N) is 1. The molecule has 0 atom stereocenters. The highest BCUT2D eigenvalue weighted by molar-refractivity contribution is 7.99. The Balaban J connectivity index is 2.34. The van der Waals surface area contributed by atoms with Crippen LogP contribution >= 0.6 is 11.8 Å². The Morgan fingerprint density at radius 3 is 2.67 bits per heavy atom. The monoisotopic (exact) mass is 230 g/mol. The Morgan fingerprint density at radius 2 is 2.13 bits per heavy atom. The number of thioether (sulfide) groups is 1. The smallest absolute Gasteiger partial charge is 0.205 e. The Labute approximate surface area is 96.4 Å². The molecule has 1 fully saturated rings. The van der Waals surface area contributed by atoms with Gasteiger partial charge in [0.05, 0.1) is 0 Å². The topological polar surface area (TPSA) is 62.4 Å². The molecule has 0 spiro atoms. The second kappa shape index (κ2) is 6.95. The van der Waals surface area contributed by atoms with E-state index in [1.807, 2.05) is 11.8 Å². The van der Waals surface area contributed by atoms with E-state index >= 15 is 0 Å². The SMILES string of the molecule is CC(C)CN=C(NN)NC1CCSCC1. The zero-order valence-corrected chi connectivity index (χ0v) is 10.4. The Kier molecular flexibility index (Phi) is 5.86. The first-order valence-electron chi connectivity index (χ1n) is 5.57. The molecule has 0 aromatic heterocycles. The molecule has 0 unspecified atom stereocenters. The van der Waals surface area contributed by atoms with Gasteiger partial charge in [0.2, 0.25) is 5.96 Å². The summed E-state index contributed by atoms with van der Waals surface area (Å²) in [5.41, 5.74) is 2.64. The molecule has 4 N–H and O–H groups in total. The maximum absolute atomic E-state index is 5.43. The molecule has 1 aliphatic rings. The maximum Gasteiger partial charge on any atom is 0.205 e. The lowest BCUT2D eigenvalue weighted by Gasteiger charge is -2.24. The van der Waals surface area contributed by atoms with Crippen molar-refractivity contribution >= 4 is 17.7 Å². The molecule has 5 heteroatoms. The molecule has 0 aliphatic carbocycles. The van der Waals surface area contributed by atoms with E-state index in [4.69, 9.17) is 5.84 Å². The van der Waals surface area contributed by atoms with Crippen LogP contribution in [0, 0.1) is 5.92 Å². The summed E-state index contributed by atoms with van der Waals surface area (Å²) in [5.74, 6) is 9.20. The van der Waals surface area contributed by atoms with Crippen LogP contribution in [0.25, 0.3) is 0 Å². The van der Waals surface area contributed by atoms with E-state index < -0.39 is 0 Å². The quantitative estimate of drug-likeness (QED) is 0.292. The van der Waals surface area contributed by atoms with Gasteiger partial charge in [-0.25, -0.2) is 5.84 Å². The molecular formula is C10H22N4S. The molecule has 88 valence electrons. The minimum atomic E-state index is 0.535. The van der Waals surface area contributed by atoms with Crippen molar-refractivity contribution in [1.29, 1.82) is 0 Å². The van der Waals surface area contributed by atoms with Crippen molar-refractivity contribution in [1.82, 2.24) is 10.7 Å². The zero-order chi connectivity index (χ0) is 11.1. The third kappa shape index (κ3) is 5.28. The summed E-state index contributed by atoms with van der Waals surface area (Å²) in [6, 6.07) is 0.535. The first-order chi connectivity index (χ1) is 7.22. The van der Waals surface area contributed by atoms with Crippen LogP contribution in [0.3, 0.4) is 0 Å². The van der Waals surface area contributed by atoms with Crippen LogP contribution in [0.15, 0.2) is 4.99 Å². The van der Waals surface area contributed by atoms with Crippen LogP contribution < -0.4 is 16.6 Å². The van der Waals surface area contributed by atoms with Gasteiger partial charge in [-0.1, -0.05) is 13.8 Å². The number of aliphatic imine (C=N–C) groups is 1. The van der Waals surface area contributed by atoms with Crippen molar-refractivity contribution in [2.75, 3.05) is 18.1 Å². The standard InChI is InChI=1S/C10H22N4S/c1-8(2)7-12-10(14-11)13-9-3-5-15-6-4-9/h8-9H,3-7,11H2,1-2H3,(H2,12,13,14). The second-order valence-electron chi connectivity index (χ2n) is 4.26. The molecule has 4 nitrogen and oxygen atoms in total. The molecule has 1 rings (SSSR count). The summed E-state index contributed by atoms with van der Waals surface area (Å²) < 4.78 is 0. The van der Waals surface area contributed by atoms with Crippen LogP contribution in [0.2, 0.25) is 0 Å². The molecular weight excluding hydrogens is 208 g/mol. The van der Waals surface area contributed by atoms with Crippen molar-refractivity contribution in [3.63, 3.8) is 0 Å². The van der Waals surface area contributed by atoms with Crippen LogP contribution in [-0.2, 0) is 0 Å². The summed E-state index contributed by atoms with van der Waals surface area (Å²) in [6.45, 7) is 5.11. The van der Waals surface area contributed by atoms with Gasteiger partial charge >= 0.3 is 0 Å². The van der Waals surface area contributed by atoms with Gasteiger partial charge in [0.1, 0.15) is 0 Å². The summed E-state index contributed by atoms with van der Waals surface area (Å²) in [4.78, 5) is 4.40. The number of hydrogen-bond donors (Lipinski definition) is 3. The van der Waals surface area contributed by atoms with Crippen molar-refractivity contribution in [3.8, 4) is 0 Å². The normalized spacial score (nSPS) is 19.3. The van der Waals surface area contributed by atoms with Gasteiger partial charge in [0.25, 0.3) is 0 Å². The van der Waals surface area contributed by atoms with Gasteiger partial charge in [0, 0.05) is 12.6 Å². The molecule has 15 heavy (non-hydrogen) atoms. The number of nitrogens with one attached hydrogen (secondary N) is 2. The van der Waals surface area contributed by atoms with Crippen molar-refractivity contribution < 1.29 is 0 Å². The number of hydrazine groups is 1. The van der Waals surface area contributed by atoms with E-state index in [0.717, 1.165) is 12.5 Å². The van der Waals surface area contributed by atoms with Crippen molar-refractivity contribution in [2.45, 2.75) is 32.7 Å². The average molecular weight is 230 g/mol. The molecule has 1 aliphatic heterocycles. The first-order valence-corrected chi connectivity index (χ1v) is 6.73. The number of guanidine groups is 1. The lowest BCUT2D eigenvalue weighted by molar-refractivity contribution is 0.553. The summed E-state index contributed by atoms with van der Waals surface area (Å²) in [7, 11) is 0. The van der Waals surface area contributed by atoms with Gasteiger partial charge in [-0.15, -0.1) is 0 Å². The molecule has 0 aromatic rings. The molecule has 0 amide bonds. The molecule has 0 aromatic carbocycles. The van der Waals surface area contributed by atoms with Crippen molar-refractivity contribution in [2.24, 2.45) is 16.8 Å². The molecule has 1 saturated heterocycles. The Hall–Kier alpha value is -0.420. The summed E-state index contributed by atoms with van der Waals surface area (Å²) >= 11 is 2.02. The maximum atomic E-state index is 5.43. The highest BCUT2D eigenvalue weighted by Crippen LogP contribution is 2.16. The van der Waals surface area contributed by atoms with Gasteiger partial charge in [-0.2, -0.15) is 11.8 Å². The number of hydrogen-bond acceptors (Lipinski definition) is 3. The Morgan fingerprint density at radius 1 is 1.47 bits per heavy atom. The predicted molar refractivity (Wildman–Crippen MR) is 67.9 cm³/mol. The average Bonchev–Trinajstić information content (AvgIpc) is 2.25. The van der Waals surface area contributed by atoms with Crippen LogP contribution in [-0.4, -0.2) is 30.1 Å². The fourth-order valence-corrected chi connectivity index (χ4v) is 2.55.